The van der Waals surface area contributed by atoms with E-state index in [0.717, 1.165) is 5.56 Å². The molecule has 0 aliphatic rings. The van der Waals surface area contributed by atoms with Crippen molar-refractivity contribution < 1.29 is 14.7 Å². The number of carboxylic acids is 1. The third kappa shape index (κ3) is 5.42. The van der Waals surface area contributed by atoms with Crippen LogP contribution in [0.15, 0.2) is 42.5 Å². The van der Waals surface area contributed by atoms with Gasteiger partial charge < -0.3 is 10.4 Å². The zero-order valence-corrected chi connectivity index (χ0v) is 12.8. The molecule has 0 saturated carbocycles. The van der Waals surface area contributed by atoms with E-state index in [1.54, 1.807) is 12.2 Å². The van der Waals surface area contributed by atoms with Crippen LogP contribution in [0.4, 0.5) is 0 Å². The van der Waals surface area contributed by atoms with Crippen LogP contribution in [0.2, 0.25) is 0 Å². The maximum atomic E-state index is 12.1. The van der Waals surface area contributed by atoms with Gasteiger partial charge in [0, 0.05) is 6.42 Å². The Kier molecular flexibility index (Phi) is 6.15. The number of hydrogen-bond donors (Lipinski definition) is 2. The molecule has 0 saturated heterocycles. The van der Waals surface area contributed by atoms with Crippen LogP contribution in [0, 0.1) is 0 Å². The highest BCUT2D eigenvalue weighted by Gasteiger charge is 2.26. The molecular formula is C17H23NO3. The van der Waals surface area contributed by atoms with Crippen molar-refractivity contribution in [1.82, 2.24) is 5.32 Å². The van der Waals surface area contributed by atoms with Gasteiger partial charge in [0.1, 0.15) is 6.04 Å². The van der Waals surface area contributed by atoms with Crippen molar-refractivity contribution in [2.75, 3.05) is 0 Å². The van der Waals surface area contributed by atoms with E-state index in [0.29, 0.717) is 6.42 Å². The van der Waals surface area contributed by atoms with E-state index < -0.39 is 12.0 Å². The number of carbonyl (C=O) groups is 2. The Morgan fingerprint density at radius 1 is 1.29 bits per heavy atom. The summed E-state index contributed by atoms with van der Waals surface area (Å²) in [5.41, 5.74) is 0.718. The molecule has 1 aromatic carbocycles. The van der Waals surface area contributed by atoms with Gasteiger partial charge in [-0.15, -0.1) is 0 Å². The maximum Gasteiger partial charge on any atom is 0.326 e. The summed E-state index contributed by atoms with van der Waals surface area (Å²) in [4.78, 5) is 23.2. The molecule has 0 aliphatic heterocycles. The summed E-state index contributed by atoms with van der Waals surface area (Å²) in [6.45, 7) is 5.77. The fraction of sp³-hybridized carbons (Fsp3) is 0.412. The summed E-state index contributed by atoms with van der Waals surface area (Å²) in [5, 5.41) is 11.7. The van der Waals surface area contributed by atoms with E-state index >= 15 is 0 Å². The van der Waals surface area contributed by atoms with Crippen LogP contribution in [0.25, 0.3) is 0 Å². The molecule has 4 heteroatoms. The number of hydrogen-bond acceptors (Lipinski definition) is 2. The lowest BCUT2D eigenvalue weighted by molar-refractivity contribution is -0.141. The number of rotatable bonds is 7. The van der Waals surface area contributed by atoms with Crippen LogP contribution in [-0.2, 0) is 15.0 Å². The molecule has 4 nitrogen and oxygen atoms in total. The maximum absolute atomic E-state index is 12.1. The third-order valence-corrected chi connectivity index (χ3v) is 3.40. The lowest BCUT2D eigenvalue weighted by Crippen LogP contribution is -2.42. The Bertz CT molecular complexity index is 506. The Morgan fingerprint density at radius 3 is 2.43 bits per heavy atom. The first-order valence-corrected chi connectivity index (χ1v) is 7.05. The predicted octanol–water partition coefficient (Wildman–Crippen LogP) is 2.89. The van der Waals surface area contributed by atoms with E-state index in [1.165, 1.54) is 0 Å². The van der Waals surface area contributed by atoms with Crippen LogP contribution in [0.5, 0.6) is 0 Å². The van der Waals surface area contributed by atoms with E-state index in [-0.39, 0.29) is 17.7 Å². The third-order valence-electron chi connectivity index (χ3n) is 3.40. The summed E-state index contributed by atoms with van der Waals surface area (Å²) < 4.78 is 0. The summed E-state index contributed by atoms with van der Waals surface area (Å²) in [7, 11) is 0. The lowest BCUT2D eigenvalue weighted by Gasteiger charge is -2.25. The predicted molar refractivity (Wildman–Crippen MR) is 83.1 cm³/mol. The van der Waals surface area contributed by atoms with E-state index in [1.807, 2.05) is 51.1 Å². The first-order valence-electron chi connectivity index (χ1n) is 7.05. The minimum Gasteiger partial charge on any atom is -0.480 e. The molecule has 1 aromatic rings. The fourth-order valence-corrected chi connectivity index (χ4v) is 2.13. The second-order valence-electron chi connectivity index (χ2n) is 5.69. The molecule has 2 N–H and O–H groups in total. The molecule has 1 rings (SSSR count). The van der Waals surface area contributed by atoms with Crippen molar-refractivity contribution in [1.29, 1.82) is 0 Å². The highest BCUT2D eigenvalue weighted by molar-refractivity contribution is 5.84. The summed E-state index contributed by atoms with van der Waals surface area (Å²) in [6, 6.07) is 8.86. The Morgan fingerprint density at radius 2 is 1.90 bits per heavy atom. The largest absolute Gasteiger partial charge is 0.480 e. The van der Waals surface area contributed by atoms with Crippen LogP contribution in [0.1, 0.15) is 39.2 Å². The molecule has 0 radical (unpaired) electrons. The van der Waals surface area contributed by atoms with Gasteiger partial charge >= 0.3 is 5.97 Å². The van der Waals surface area contributed by atoms with Crippen molar-refractivity contribution in [3.63, 3.8) is 0 Å². The van der Waals surface area contributed by atoms with Gasteiger partial charge in [0.05, 0.1) is 0 Å². The standard InChI is InChI=1S/C17H23NO3/c1-4-5-11-14(16(20)21)18-15(19)12-17(2,3)13-9-7-6-8-10-13/h4-10,14H,11-12H2,1-3H3,(H,18,19)(H,20,21)/b5-4+. The molecule has 0 aromatic heterocycles. The number of benzene rings is 1. The Balaban J connectivity index is 2.69. The minimum absolute atomic E-state index is 0.247. The summed E-state index contributed by atoms with van der Waals surface area (Å²) in [6.07, 6.45) is 4.05. The molecular weight excluding hydrogens is 266 g/mol. The van der Waals surface area contributed by atoms with Gasteiger partial charge in [-0.3, -0.25) is 4.79 Å². The molecule has 21 heavy (non-hydrogen) atoms. The van der Waals surface area contributed by atoms with E-state index in [4.69, 9.17) is 5.11 Å². The minimum atomic E-state index is -1.01. The lowest BCUT2D eigenvalue weighted by atomic mass is 9.81. The zero-order chi connectivity index (χ0) is 15.9. The van der Waals surface area contributed by atoms with Crippen LogP contribution in [-0.4, -0.2) is 23.0 Å². The normalized spacial score (nSPS) is 13.1. The molecule has 0 aliphatic carbocycles. The number of amides is 1. The molecule has 0 heterocycles. The first kappa shape index (κ1) is 17.0. The number of carbonyl (C=O) groups excluding carboxylic acids is 1. The highest BCUT2D eigenvalue weighted by Crippen LogP contribution is 2.26. The number of aliphatic carboxylic acids is 1. The van der Waals surface area contributed by atoms with E-state index in [2.05, 4.69) is 5.32 Å². The second-order valence-corrected chi connectivity index (χ2v) is 5.69. The van der Waals surface area contributed by atoms with Gasteiger partial charge in [-0.25, -0.2) is 4.79 Å². The molecule has 1 amide bonds. The molecule has 1 unspecified atom stereocenters. The molecule has 114 valence electrons. The van der Waals surface area contributed by atoms with Crippen molar-refractivity contribution in [3.8, 4) is 0 Å². The smallest absolute Gasteiger partial charge is 0.326 e. The second kappa shape index (κ2) is 7.62. The highest BCUT2D eigenvalue weighted by atomic mass is 16.4. The van der Waals surface area contributed by atoms with Crippen molar-refractivity contribution in [2.24, 2.45) is 0 Å². The van der Waals surface area contributed by atoms with Gasteiger partial charge in [0.15, 0.2) is 0 Å². The number of nitrogens with one attached hydrogen (secondary N) is 1. The molecule has 0 bridgehead atoms. The van der Waals surface area contributed by atoms with Crippen LogP contribution in [0.3, 0.4) is 0 Å². The average molecular weight is 289 g/mol. The number of carboxylic acid groups (broad SMARTS) is 1. The summed E-state index contributed by atoms with van der Waals surface area (Å²) in [5.74, 6) is -1.26. The van der Waals surface area contributed by atoms with Crippen molar-refractivity contribution in [2.45, 2.75) is 45.1 Å². The number of allylic oxidation sites excluding steroid dienone is 1. The topological polar surface area (TPSA) is 66.4 Å². The Hall–Kier alpha value is -2.10. The van der Waals surface area contributed by atoms with Crippen LogP contribution >= 0.6 is 0 Å². The monoisotopic (exact) mass is 289 g/mol. The van der Waals surface area contributed by atoms with Gasteiger partial charge in [0.25, 0.3) is 0 Å². The molecule has 1 atom stereocenters. The van der Waals surface area contributed by atoms with Crippen molar-refractivity contribution in [3.05, 3.63) is 48.0 Å². The van der Waals surface area contributed by atoms with Crippen molar-refractivity contribution >= 4 is 11.9 Å². The van der Waals surface area contributed by atoms with E-state index in [9.17, 15) is 9.59 Å². The zero-order valence-electron chi connectivity index (χ0n) is 12.8. The fourth-order valence-electron chi connectivity index (χ4n) is 2.13. The summed E-state index contributed by atoms with van der Waals surface area (Å²) >= 11 is 0. The SMILES string of the molecule is C/C=C/CC(NC(=O)CC(C)(C)c1ccccc1)C(=O)O. The van der Waals surface area contributed by atoms with Gasteiger partial charge in [-0.1, -0.05) is 56.3 Å². The van der Waals surface area contributed by atoms with Gasteiger partial charge in [-0.2, -0.15) is 0 Å². The molecule has 0 spiro atoms. The van der Waals surface area contributed by atoms with Gasteiger partial charge in [-0.05, 0) is 24.3 Å². The average Bonchev–Trinajstić information content (AvgIpc) is 2.43. The first-order chi connectivity index (χ1) is 9.86. The van der Waals surface area contributed by atoms with Crippen LogP contribution < -0.4 is 5.32 Å². The Labute approximate surface area is 125 Å². The van der Waals surface area contributed by atoms with Gasteiger partial charge in [0.2, 0.25) is 5.91 Å². The quantitative estimate of drug-likeness (QED) is 0.758. The molecule has 0 fully saturated rings.